The molecule has 1 aliphatic heterocycles. The minimum atomic E-state index is -1.18. The van der Waals surface area contributed by atoms with Gasteiger partial charge in [0, 0.05) is 23.7 Å². The Labute approximate surface area is 180 Å². The molecule has 0 saturated carbocycles. The van der Waals surface area contributed by atoms with Crippen molar-refractivity contribution in [3.05, 3.63) is 70.5 Å². The Morgan fingerprint density at radius 2 is 1.63 bits per heavy atom. The van der Waals surface area contributed by atoms with E-state index in [2.05, 4.69) is 4.90 Å². The first-order chi connectivity index (χ1) is 14.4. The maximum Gasteiger partial charge on any atom is 0.291 e. The molecule has 0 aromatic heterocycles. The number of nitrogens with zero attached hydrogens (tertiary/aromatic N) is 2. The third-order valence-electron chi connectivity index (χ3n) is 5.58. The third kappa shape index (κ3) is 4.45. The number of carbonyl (C=O) groups excluding carboxylic acids is 3. The van der Waals surface area contributed by atoms with Gasteiger partial charge in [0.2, 0.25) is 5.78 Å². The average molecular weight is 431 g/mol. The molecular weight excluding hydrogens is 407 g/mol. The van der Waals surface area contributed by atoms with Crippen LogP contribution in [0.15, 0.2) is 48.5 Å². The van der Waals surface area contributed by atoms with Gasteiger partial charge < -0.3 is 9.80 Å². The molecule has 1 saturated heterocycles. The van der Waals surface area contributed by atoms with Gasteiger partial charge in [-0.05, 0) is 55.1 Å². The summed E-state index contributed by atoms with van der Waals surface area (Å²) in [4.78, 5) is 42.6. The van der Waals surface area contributed by atoms with Crippen LogP contribution in [0.5, 0.6) is 0 Å². The largest absolute Gasteiger partial charge is 0.327 e. The zero-order chi connectivity index (χ0) is 21.8. The van der Waals surface area contributed by atoms with Crippen LogP contribution in [0.25, 0.3) is 0 Å². The van der Waals surface area contributed by atoms with Gasteiger partial charge in [-0.15, -0.1) is 0 Å². The number of rotatable bonds is 8. The molecule has 7 heteroatoms. The minimum absolute atomic E-state index is 0.201. The molecule has 0 spiro atoms. The van der Waals surface area contributed by atoms with Crippen molar-refractivity contribution in [3.63, 3.8) is 0 Å². The van der Waals surface area contributed by atoms with Crippen molar-refractivity contribution in [2.75, 3.05) is 26.2 Å². The van der Waals surface area contributed by atoms with Crippen LogP contribution in [0.3, 0.4) is 0 Å². The van der Waals surface area contributed by atoms with E-state index in [-0.39, 0.29) is 5.56 Å². The number of carbonyl (C=O) groups is 3. The van der Waals surface area contributed by atoms with Gasteiger partial charge in [0.05, 0.1) is 6.04 Å². The Balaban J connectivity index is 1.99. The average Bonchev–Trinajstić information content (AvgIpc) is 3.00. The Morgan fingerprint density at radius 1 is 1.03 bits per heavy atom. The molecular formula is C23H24ClFN2O3. The zero-order valence-electron chi connectivity index (χ0n) is 17.0. The summed E-state index contributed by atoms with van der Waals surface area (Å²) in [6.45, 7) is 6.60. The topological polar surface area (TPSA) is 57.7 Å². The van der Waals surface area contributed by atoms with E-state index in [9.17, 15) is 18.8 Å². The van der Waals surface area contributed by atoms with Gasteiger partial charge in [-0.3, -0.25) is 14.4 Å². The van der Waals surface area contributed by atoms with E-state index < -0.39 is 35.3 Å². The number of Topliss-reactive ketones (excluding diaryl/α,β-unsaturated/α-hetero) is 2. The number of hydrogen-bond acceptors (Lipinski definition) is 4. The Hall–Kier alpha value is -2.57. The van der Waals surface area contributed by atoms with Crippen LogP contribution in [0, 0.1) is 11.7 Å². The highest BCUT2D eigenvalue weighted by molar-refractivity contribution is 6.44. The highest BCUT2D eigenvalue weighted by atomic mass is 35.5. The number of likely N-dealkylation sites (tertiary alicyclic amines) is 1. The lowest BCUT2D eigenvalue weighted by molar-refractivity contribution is -0.140. The minimum Gasteiger partial charge on any atom is -0.327 e. The predicted molar refractivity (Wildman–Crippen MR) is 113 cm³/mol. The lowest BCUT2D eigenvalue weighted by Crippen LogP contribution is -2.38. The summed E-state index contributed by atoms with van der Waals surface area (Å²) < 4.78 is 13.3. The normalized spacial score (nSPS) is 19.0. The Bertz CT molecular complexity index is 926. The van der Waals surface area contributed by atoms with Gasteiger partial charge in [0.1, 0.15) is 11.7 Å². The molecule has 1 aliphatic rings. The molecule has 0 aliphatic carbocycles. The van der Waals surface area contributed by atoms with Crippen molar-refractivity contribution in [1.29, 1.82) is 0 Å². The SMILES string of the molecule is CCN(CC)CCN1C(=O)C(=O)C(C(=O)c2ccc(F)cc2)C1c1ccc(Cl)cc1. The zero-order valence-corrected chi connectivity index (χ0v) is 17.7. The van der Waals surface area contributed by atoms with Crippen molar-refractivity contribution in [3.8, 4) is 0 Å². The molecule has 5 nitrogen and oxygen atoms in total. The van der Waals surface area contributed by atoms with Gasteiger partial charge in [-0.2, -0.15) is 0 Å². The molecule has 0 N–H and O–H groups in total. The van der Waals surface area contributed by atoms with Crippen molar-refractivity contribution in [2.24, 2.45) is 5.92 Å². The van der Waals surface area contributed by atoms with Crippen LogP contribution >= 0.6 is 11.6 Å². The molecule has 0 radical (unpaired) electrons. The first kappa shape index (κ1) is 22.1. The number of amides is 1. The molecule has 2 aromatic carbocycles. The number of benzene rings is 2. The summed E-state index contributed by atoms with van der Waals surface area (Å²) in [6.07, 6.45) is 0. The Kier molecular flexibility index (Phi) is 7.00. The van der Waals surface area contributed by atoms with Crippen LogP contribution < -0.4 is 0 Å². The summed E-state index contributed by atoms with van der Waals surface area (Å²) in [5.41, 5.74) is 0.866. The highest BCUT2D eigenvalue weighted by Gasteiger charge is 2.51. The van der Waals surface area contributed by atoms with Crippen molar-refractivity contribution < 1.29 is 18.8 Å². The quantitative estimate of drug-likeness (QED) is 0.363. The summed E-state index contributed by atoms with van der Waals surface area (Å²) in [5.74, 6) is -3.54. The molecule has 0 bridgehead atoms. The van der Waals surface area contributed by atoms with Crippen LogP contribution in [0.4, 0.5) is 4.39 Å². The Morgan fingerprint density at radius 3 is 2.20 bits per heavy atom. The van der Waals surface area contributed by atoms with Gasteiger partial charge >= 0.3 is 0 Å². The van der Waals surface area contributed by atoms with E-state index in [0.29, 0.717) is 23.7 Å². The van der Waals surface area contributed by atoms with E-state index in [1.165, 1.54) is 29.2 Å². The molecule has 2 unspecified atom stereocenters. The number of hydrogen-bond donors (Lipinski definition) is 0. The third-order valence-corrected chi connectivity index (χ3v) is 5.83. The van der Waals surface area contributed by atoms with Gasteiger partial charge in [0.25, 0.3) is 5.91 Å². The van der Waals surface area contributed by atoms with E-state index in [1.807, 2.05) is 13.8 Å². The van der Waals surface area contributed by atoms with Gasteiger partial charge in [-0.25, -0.2) is 4.39 Å². The lowest BCUT2D eigenvalue weighted by atomic mass is 9.86. The lowest BCUT2D eigenvalue weighted by Gasteiger charge is -2.29. The van der Waals surface area contributed by atoms with Crippen molar-refractivity contribution in [1.82, 2.24) is 9.80 Å². The predicted octanol–water partition coefficient (Wildman–Crippen LogP) is 3.77. The van der Waals surface area contributed by atoms with E-state index in [1.54, 1.807) is 24.3 Å². The van der Waals surface area contributed by atoms with Gasteiger partial charge in [-0.1, -0.05) is 37.6 Å². The standard InChI is InChI=1S/C23H24ClFN2O3/c1-3-26(4-2)13-14-27-20(15-5-9-17(24)10-6-15)19(22(29)23(27)30)21(28)16-7-11-18(25)12-8-16/h5-12,19-20H,3-4,13-14H2,1-2H3. The van der Waals surface area contributed by atoms with Crippen LogP contribution in [-0.4, -0.2) is 53.5 Å². The van der Waals surface area contributed by atoms with Crippen molar-refractivity contribution in [2.45, 2.75) is 19.9 Å². The molecule has 3 rings (SSSR count). The number of halogens is 2. The maximum absolute atomic E-state index is 13.3. The molecule has 2 aromatic rings. The number of likely N-dealkylation sites (N-methyl/N-ethyl adjacent to an activating group) is 1. The molecule has 1 heterocycles. The second kappa shape index (κ2) is 9.49. The van der Waals surface area contributed by atoms with E-state index in [0.717, 1.165) is 13.1 Å². The van der Waals surface area contributed by atoms with Crippen molar-refractivity contribution >= 4 is 29.1 Å². The van der Waals surface area contributed by atoms with E-state index in [4.69, 9.17) is 11.6 Å². The van der Waals surface area contributed by atoms with Crippen LogP contribution in [0.1, 0.15) is 35.8 Å². The first-order valence-corrected chi connectivity index (χ1v) is 10.4. The maximum atomic E-state index is 13.3. The monoisotopic (exact) mass is 430 g/mol. The fourth-order valence-corrected chi connectivity index (χ4v) is 3.97. The molecule has 2 atom stereocenters. The first-order valence-electron chi connectivity index (χ1n) is 9.99. The highest BCUT2D eigenvalue weighted by Crippen LogP contribution is 2.38. The summed E-state index contributed by atoms with van der Waals surface area (Å²) in [6, 6.07) is 11.1. The molecule has 158 valence electrons. The summed E-state index contributed by atoms with van der Waals surface area (Å²) in [7, 11) is 0. The fourth-order valence-electron chi connectivity index (χ4n) is 3.84. The van der Waals surface area contributed by atoms with Crippen LogP contribution in [-0.2, 0) is 9.59 Å². The summed E-state index contributed by atoms with van der Waals surface area (Å²) >= 11 is 6.01. The molecule has 30 heavy (non-hydrogen) atoms. The molecule has 1 fully saturated rings. The molecule has 1 amide bonds. The summed E-state index contributed by atoms with van der Waals surface area (Å²) in [5, 5.41) is 0.519. The second-order valence-electron chi connectivity index (χ2n) is 7.23. The fraction of sp³-hybridized carbons (Fsp3) is 0.348. The smallest absolute Gasteiger partial charge is 0.291 e. The van der Waals surface area contributed by atoms with E-state index >= 15 is 0 Å². The second-order valence-corrected chi connectivity index (χ2v) is 7.67. The van der Waals surface area contributed by atoms with Gasteiger partial charge in [0.15, 0.2) is 5.78 Å². The number of ketones is 2. The van der Waals surface area contributed by atoms with Crippen LogP contribution in [0.2, 0.25) is 5.02 Å².